The lowest BCUT2D eigenvalue weighted by Crippen LogP contribution is -2.36. The Bertz CT molecular complexity index is 560. The van der Waals surface area contributed by atoms with E-state index in [0.29, 0.717) is 6.42 Å². The number of aryl methyl sites for hydroxylation is 1. The van der Waals surface area contributed by atoms with Gasteiger partial charge in [0.25, 0.3) is 0 Å². The summed E-state index contributed by atoms with van der Waals surface area (Å²) >= 11 is 5.69. The summed E-state index contributed by atoms with van der Waals surface area (Å²) < 4.78 is 13.4. The first-order valence-electron chi connectivity index (χ1n) is 7.13. The maximum atomic E-state index is 13.4. The number of halogens is 2. The summed E-state index contributed by atoms with van der Waals surface area (Å²) in [4.78, 5) is 0. The van der Waals surface area contributed by atoms with Crippen molar-refractivity contribution in [1.29, 1.82) is 0 Å². The fraction of sp³-hybridized carbons (Fsp3) is 0.294. The van der Waals surface area contributed by atoms with Crippen LogP contribution in [0.3, 0.4) is 0 Å². The molecule has 2 nitrogen and oxygen atoms in total. The SMILES string of the molecule is NNC(CCCc1ccccc1)Cc1ccc(Cl)c(F)c1. The predicted octanol–water partition coefficient (Wildman–Crippen LogP) is 3.88. The molecule has 1 atom stereocenters. The van der Waals surface area contributed by atoms with Crippen LogP contribution in [0.25, 0.3) is 0 Å². The zero-order chi connectivity index (χ0) is 15.1. The summed E-state index contributed by atoms with van der Waals surface area (Å²) in [6, 6.07) is 15.4. The molecular formula is C17H20ClFN2. The van der Waals surface area contributed by atoms with Crippen LogP contribution in [-0.4, -0.2) is 6.04 Å². The van der Waals surface area contributed by atoms with E-state index >= 15 is 0 Å². The van der Waals surface area contributed by atoms with E-state index < -0.39 is 0 Å². The van der Waals surface area contributed by atoms with Crippen molar-refractivity contribution in [3.8, 4) is 0 Å². The first kappa shape index (κ1) is 16.0. The maximum absolute atomic E-state index is 13.4. The second kappa shape index (κ2) is 8.13. The number of nitrogens with one attached hydrogen (secondary N) is 1. The van der Waals surface area contributed by atoms with Gasteiger partial charge in [0, 0.05) is 6.04 Å². The predicted molar refractivity (Wildman–Crippen MR) is 85.6 cm³/mol. The highest BCUT2D eigenvalue weighted by molar-refractivity contribution is 6.30. The van der Waals surface area contributed by atoms with Crippen LogP contribution in [-0.2, 0) is 12.8 Å². The van der Waals surface area contributed by atoms with E-state index in [-0.39, 0.29) is 16.9 Å². The molecule has 2 aromatic carbocycles. The van der Waals surface area contributed by atoms with Crippen molar-refractivity contribution >= 4 is 11.6 Å². The standard InChI is InChI=1S/C17H20ClFN2/c18-16-10-9-14(12-17(16)19)11-15(21-20)8-4-7-13-5-2-1-3-6-13/h1-3,5-6,9-10,12,15,21H,4,7-8,11,20H2. The highest BCUT2D eigenvalue weighted by Crippen LogP contribution is 2.17. The highest BCUT2D eigenvalue weighted by atomic mass is 35.5. The van der Waals surface area contributed by atoms with Gasteiger partial charge in [-0.1, -0.05) is 48.0 Å². The van der Waals surface area contributed by atoms with E-state index in [2.05, 4.69) is 17.6 Å². The van der Waals surface area contributed by atoms with E-state index in [0.717, 1.165) is 24.8 Å². The van der Waals surface area contributed by atoms with Gasteiger partial charge in [0.15, 0.2) is 0 Å². The molecule has 0 aliphatic heterocycles. The topological polar surface area (TPSA) is 38.0 Å². The van der Waals surface area contributed by atoms with Crippen LogP contribution in [0.15, 0.2) is 48.5 Å². The first-order valence-corrected chi connectivity index (χ1v) is 7.51. The Hall–Kier alpha value is -1.42. The van der Waals surface area contributed by atoms with E-state index in [4.69, 9.17) is 17.4 Å². The molecule has 0 aromatic heterocycles. The van der Waals surface area contributed by atoms with Crippen LogP contribution in [0.5, 0.6) is 0 Å². The molecule has 0 heterocycles. The summed E-state index contributed by atoms with van der Waals surface area (Å²) in [6.45, 7) is 0. The van der Waals surface area contributed by atoms with Crippen LogP contribution in [0.1, 0.15) is 24.0 Å². The minimum atomic E-state index is -0.380. The van der Waals surface area contributed by atoms with Gasteiger partial charge in [-0.15, -0.1) is 0 Å². The van der Waals surface area contributed by atoms with E-state index in [9.17, 15) is 4.39 Å². The minimum Gasteiger partial charge on any atom is -0.271 e. The monoisotopic (exact) mass is 306 g/mol. The molecule has 0 fully saturated rings. The van der Waals surface area contributed by atoms with Crippen LogP contribution < -0.4 is 11.3 Å². The van der Waals surface area contributed by atoms with Gasteiger partial charge in [0.05, 0.1) is 5.02 Å². The third-order valence-corrected chi connectivity index (χ3v) is 3.87. The molecule has 0 saturated carbocycles. The molecule has 0 bridgehead atoms. The molecule has 2 aromatic rings. The molecule has 21 heavy (non-hydrogen) atoms. The van der Waals surface area contributed by atoms with Crippen LogP contribution >= 0.6 is 11.6 Å². The summed E-state index contributed by atoms with van der Waals surface area (Å²) in [5.41, 5.74) is 5.04. The molecule has 0 spiro atoms. The van der Waals surface area contributed by atoms with Gasteiger partial charge >= 0.3 is 0 Å². The van der Waals surface area contributed by atoms with Crippen molar-refractivity contribution in [1.82, 2.24) is 5.43 Å². The molecule has 0 saturated heterocycles. The summed E-state index contributed by atoms with van der Waals surface area (Å²) in [5, 5.41) is 0.153. The molecule has 4 heteroatoms. The quantitative estimate of drug-likeness (QED) is 0.602. The largest absolute Gasteiger partial charge is 0.271 e. The molecule has 0 amide bonds. The van der Waals surface area contributed by atoms with E-state index in [1.165, 1.54) is 11.6 Å². The van der Waals surface area contributed by atoms with Crippen LogP contribution in [0.4, 0.5) is 4.39 Å². The molecule has 112 valence electrons. The lowest BCUT2D eigenvalue weighted by molar-refractivity contribution is 0.475. The number of hydrazine groups is 1. The first-order chi connectivity index (χ1) is 10.2. The Morgan fingerprint density at radius 3 is 2.52 bits per heavy atom. The molecule has 1 unspecified atom stereocenters. The lowest BCUT2D eigenvalue weighted by atomic mass is 9.99. The van der Waals surface area contributed by atoms with Gasteiger partial charge in [-0.2, -0.15) is 0 Å². The number of nitrogens with two attached hydrogens (primary N) is 1. The fourth-order valence-electron chi connectivity index (χ4n) is 2.39. The zero-order valence-corrected chi connectivity index (χ0v) is 12.6. The molecule has 0 aliphatic carbocycles. The Morgan fingerprint density at radius 1 is 1.10 bits per heavy atom. The zero-order valence-electron chi connectivity index (χ0n) is 11.9. The van der Waals surface area contributed by atoms with Crippen molar-refractivity contribution < 1.29 is 4.39 Å². The summed E-state index contributed by atoms with van der Waals surface area (Å²) in [6.07, 6.45) is 3.69. The van der Waals surface area contributed by atoms with Gasteiger partial charge in [-0.05, 0) is 48.9 Å². The maximum Gasteiger partial charge on any atom is 0.142 e. The normalized spacial score (nSPS) is 12.3. The second-order valence-corrected chi connectivity index (χ2v) is 5.60. The third kappa shape index (κ3) is 5.12. The average molecular weight is 307 g/mol. The fourth-order valence-corrected chi connectivity index (χ4v) is 2.51. The van der Waals surface area contributed by atoms with Gasteiger partial charge in [0.2, 0.25) is 0 Å². The number of rotatable bonds is 7. The second-order valence-electron chi connectivity index (χ2n) is 5.19. The van der Waals surface area contributed by atoms with Crippen molar-refractivity contribution in [2.75, 3.05) is 0 Å². The van der Waals surface area contributed by atoms with Gasteiger partial charge in [-0.3, -0.25) is 11.3 Å². The summed E-state index contributed by atoms with van der Waals surface area (Å²) in [7, 11) is 0. The van der Waals surface area contributed by atoms with Crippen molar-refractivity contribution in [3.05, 3.63) is 70.5 Å². The van der Waals surface area contributed by atoms with Crippen LogP contribution in [0.2, 0.25) is 5.02 Å². The van der Waals surface area contributed by atoms with Gasteiger partial charge in [0.1, 0.15) is 5.82 Å². The highest BCUT2D eigenvalue weighted by Gasteiger charge is 2.09. The molecular weight excluding hydrogens is 287 g/mol. The number of hydrogen-bond donors (Lipinski definition) is 2. The van der Waals surface area contributed by atoms with Crippen LogP contribution in [0, 0.1) is 5.82 Å². The van der Waals surface area contributed by atoms with E-state index in [1.807, 2.05) is 24.3 Å². The smallest absolute Gasteiger partial charge is 0.142 e. The summed E-state index contributed by atoms with van der Waals surface area (Å²) in [5.74, 6) is 5.22. The number of hydrogen-bond acceptors (Lipinski definition) is 2. The number of benzene rings is 2. The van der Waals surface area contributed by atoms with Gasteiger partial charge in [-0.25, -0.2) is 4.39 Å². The Morgan fingerprint density at radius 2 is 1.86 bits per heavy atom. The molecule has 2 rings (SSSR count). The third-order valence-electron chi connectivity index (χ3n) is 3.56. The molecule has 0 aliphatic rings. The Balaban J connectivity index is 1.84. The van der Waals surface area contributed by atoms with Gasteiger partial charge < -0.3 is 0 Å². The molecule has 0 radical (unpaired) electrons. The van der Waals surface area contributed by atoms with Crippen molar-refractivity contribution in [2.24, 2.45) is 5.84 Å². The van der Waals surface area contributed by atoms with E-state index in [1.54, 1.807) is 6.07 Å². The lowest BCUT2D eigenvalue weighted by Gasteiger charge is -2.16. The van der Waals surface area contributed by atoms with Crippen molar-refractivity contribution in [2.45, 2.75) is 31.7 Å². The van der Waals surface area contributed by atoms with Crippen molar-refractivity contribution in [3.63, 3.8) is 0 Å². The Kier molecular flexibility index (Phi) is 6.18. The Labute approximate surface area is 130 Å². The average Bonchev–Trinajstić information content (AvgIpc) is 2.51. The minimum absolute atomic E-state index is 0.134. The molecule has 3 N–H and O–H groups in total.